The number of benzene rings is 1. The predicted octanol–water partition coefficient (Wildman–Crippen LogP) is 3.67. The van der Waals surface area contributed by atoms with Crippen LogP contribution in [0.5, 0.6) is 11.5 Å². The molecule has 18 heavy (non-hydrogen) atoms. The van der Waals surface area contributed by atoms with E-state index in [2.05, 4.69) is 9.47 Å². The topological polar surface area (TPSA) is 18.5 Å². The lowest BCUT2D eigenvalue weighted by atomic mass is 10.2. The normalized spacial score (nSPS) is 17.9. The van der Waals surface area contributed by atoms with E-state index in [-0.39, 0.29) is 11.5 Å². The van der Waals surface area contributed by atoms with E-state index in [1.807, 2.05) is 0 Å². The molecule has 0 N–H and O–H groups in total. The highest BCUT2D eigenvalue weighted by molar-refractivity contribution is 5.43. The molecule has 1 aromatic rings. The van der Waals surface area contributed by atoms with Crippen molar-refractivity contribution in [3.63, 3.8) is 0 Å². The maximum atomic E-state index is 12.8. The van der Waals surface area contributed by atoms with E-state index in [0.29, 0.717) is 0 Å². The van der Waals surface area contributed by atoms with Gasteiger partial charge in [0.15, 0.2) is 11.5 Å². The zero-order valence-electron chi connectivity index (χ0n) is 8.60. The molecule has 8 heteroatoms. The maximum Gasteiger partial charge on any atom is 0.468 e. The van der Waals surface area contributed by atoms with Crippen LogP contribution in [0.1, 0.15) is 6.42 Å². The summed E-state index contributed by atoms with van der Waals surface area (Å²) >= 11 is 0. The summed E-state index contributed by atoms with van der Waals surface area (Å²) in [6.45, 7) is 0. The summed E-state index contributed by atoms with van der Waals surface area (Å²) in [6, 6.07) is 4.89. The minimum atomic E-state index is -5.30. The van der Waals surface area contributed by atoms with Gasteiger partial charge in [-0.3, -0.25) is 0 Å². The molecule has 0 radical (unpaired) electrons. The van der Waals surface area contributed by atoms with Crippen molar-refractivity contribution in [1.29, 1.82) is 0 Å². The van der Waals surface area contributed by atoms with E-state index in [1.54, 1.807) is 0 Å². The van der Waals surface area contributed by atoms with Crippen molar-refractivity contribution in [2.24, 2.45) is 0 Å². The van der Waals surface area contributed by atoms with Gasteiger partial charge in [-0.25, -0.2) is 0 Å². The monoisotopic (exact) mass is 272 g/mol. The molecule has 0 amide bonds. The smallest absolute Gasteiger partial charge is 0.440 e. The molecule has 0 atom stereocenters. The van der Waals surface area contributed by atoms with Gasteiger partial charge in [0.25, 0.3) is 0 Å². The molecule has 2 rings (SSSR count). The summed E-state index contributed by atoms with van der Waals surface area (Å²) < 4.78 is 83.8. The molecule has 0 aliphatic carbocycles. The van der Waals surface area contributed by atoms with Crippen molar-refractivity contribution in [3.8, 4) is 11.5 Å². The minimum absolute atomic E-state index is 0.362. The molecule has 0 aromatic heterocycles. The third-order valence-electron chi connectivity index (χ3n) is 2.26. The predicted molar refractivity (Wildman–Crippen MR) is 47.2 cm³/mol. The Hall–Kier alpha value is -1.60. The second-order valence-corrected chi connectivity index (χ2v) is 3.69. The third-order valence-corrected chi connectivity index (χ3v) is 2.26. The second-order valence-electron chi connectivity index (χ2n) is 3.69. The number of rotatable bonds is 1. The first-order valence-corrected chi connectivity index (χ1v) is 4.73. The Kier molecular flexibility index (Phi) is 2.64. The summed E-state index contributed by atoms with van der Waals surface area (Å²) in [6.07, 6.45) is -12.6. The van der Waals surface area contributed by atoms with Gasteiger partial charge in [-0.2, -0.15) is 26.3 Å². The van der Waals surface area contributed by atoms with Gasteiger partial charge >= 0.3 is 18.1 Å². The van der Waals surface area contributed by atoms with E-state index in [0.717, 1.165) is 12.1 Å². The van der Waals surface area contributed by atoms with Crippen LogP contribution >= 0.6 is 0 Å². The zero-order valence-corrected chi connectivity index (χ0v) is 8.60. The summed E-state index contributed by atoms with van der Waals surface area (Å²) in [7, 11) is 0. The van der Waals surface area contributed by atoms with Crippen LogP contribution in [0.15, 0.2) is 24.3 Å². The van der Waals surface area contributed by atoms with Crippen molar-refractivity contribution in [1.82, 2.24) is 0 Å². The first-order valence-electron chi connectivity index (χ1n) is 4.73. The fourth-order valence-electron chi connectivity index (χ4n) is 1.55. The van der Waals surface area contributed by atoms with Crippen LogP contribution in [0.4, 0.5) is 26.3 Å². The van der Waals surface area contributed by atoms with E-state index in [4.69, 9.17) is 0 Å². The maximum absolute atomic E-state index is 12.8. The third kappa shape index (κ3) is 2.19. The molecule has 2 nitrogen and oxygen atoms in total. The summed E-state index contributed by atoms with van der Waals surface area (Å²) in [5.74, 6) is -4.42. The van der Waals surface area contributed by atoms with Gasteiger partial charge in [0.1, 0.15) is 6.42 Å². The first-order chi connectivity index (χ1) is 8.13. The first kappa shape index (κ1) is 12.8. The van der Waals surface area contributed by atoms with Gasteiger partial charge in [-0.1, -0.05) is 12.1 Å². The highest BCUT2D eigenvalue weighted by atomic mass is 19.4. The largest absolute Gasteiger partial charge is 0.468 e. The molecular formula is C10H6F6O2. The number of ether oxygens (including phenoxy) is 2. The van der Waals surface area contributed by atoms with Gasteiger partial charge in [0.05, 0.1) is 0 Å². The highest BCUT2D eigenvalue weighted by Gasteiger charge is 2.67. The molecule has 0 bridgehead atoms. The standard InChI is InChI=1S/C10H6F6O2/c11-9(12,13)5-8(10(14,15)16)17-6-3-1-2-4-7(6)18-8/h1-4H,5H2. The average Bonchev–Trinajstić information content (AvgIpc) is 2.52. The van der Waals surface area contributed by atoms with Gasteiger partial charge in [0, 0.05) is 0 Å². The Labute approximate surface area is 97.1 Å². The molecule has 0 unspecified atom stereocenters. The molecule has 1 heterocycles. The molecule has 1 aliphatic rings. The van der Waals surface area contributed by atoms with E-state index < -0.39 is 24.6 Å². The number of hydrogen-bond acceptors (Lipinski definition) is 2. The van der Waals surface area contributed by atoms with Crippen molar-refractivity contribution in [3.05, 3.63) is 24.3 Å². The number of halogens is 6. The Morgan fingerprint density at radius 3 is 1.67 bits per heavy atom. The van der Waals surface area contributed by atoms with Crippen molar-refractivity contribution < 1.29 is 35.8 Å². The average molecular weight is 272 g/mol. The molecule has 0 saturated heterocycles. The van der Waals surface area contributed by atoms with Crippen LogP contribution < -0.4 is 9.47 Å². The Morgan fingerprint density at radius 1 is 0.889 bits per heavy atom. The number of hydrogen-bond donors (Lipinski definition) is 0. The molecular weight excluding hydrogens is 266 g/mol. The fourth-order valence-corrected chi connectivity index (χ4v) is 1.55. The molecule has 1 aromatic carbocycles. The van der Waals surface area contributed by atoms with Crippen molar-refractivity contribution in [2.75, 3.05) is 0 Å². The summed E-state index contributed by atoms with van der Waals surface area (Å²) in [4.78, 5) is 0. The molecule has 0 fully saturated rings. The van der Waals surface area contributed by atoms with Gasteiger partial charge in [-0.05, 0) is 12.1 Å². The van der Waals surface area contributed by atoms with Crippen LogP contribution in [0.3, 0.4) is 0 Å². The fraction of sp³-hybridized carbons (Fsp3) is 0.400. The van der Waals surface area contributed by atoms with Crippen LogP contribution in [-0.4, -0.2) is 18.1 Å². The summed E-state index contributed by atoms with van der Waals surface area (Å²) in [5.41, 5.74) is 0. The molecule has 0 spiro atoms. The highest BCUT2D eigenvalue weighted by Crippen LogP contribution is 2.50. The Balaban J connectivity index is 2.38. The second kappa shape index (κ2) is 3.69. The van der Waals surface area contributed by atoms with Gasteiger partial charge < -0.3 is 9.47 Å². The van der Waals surface area contributed by atoms with Crippen LogP contribution in [-0.2, 0) is 0 Å². The molecule has 0 saturated carbocycles. The SMILES string of the molecule is FC(F)(F)CC1(C(F)(F)F)Oc2ccccc2O1. The summed E-state index contributed by atoms with van der Waals surface area (Å²) in [5, 5.41) is 0. The van der Waals surface area contributed by atoms with Gasteiger partial charge in [-0.15, -0.1) is 0 Å². The lowest BCUT2D eigenvalue weighted by Gasteiger charge is -2.30. The molecule has 100 valence electrons. The lowest BCUT2D eigenvalue weighted by molar-refractivity contribution is -0.338. The lowest BCUT2D eigenvalue weighted by Crippen LogP contribution is -2.55. The number of alkyl halides is 6. The number of para-hydroxylation sites is 2. The van der Waals surface area contributed by atoms with E-state index in [1.165, 1.54) is 12.1 Å². The van der Waals surface area contributed by atoms with Crippen LogP contribution in [0.25, 0.3) is 0 Å². The minimum Gasteiger partial charge on any atom is -0.440 e. The zero-order chi connectivity index (χ0) is 13.6. The van der Waals surface area contributed by atoms with Gasteiger partial charge in [0.2, 0.25) is 0 Å². The van der Waals surface area contributed by atoms with Crippen LogP contribution in [0, 0.1) is 0 Å². The quantitative estimate of drug-likeness (QED) is 0.726. The van der Waals surface area contributed by atoms with E-state index >= 15 is 0 Å². The van der Waals surface area contributed by atoms with Crippen LogP contribution in [0.2, 0.25) is 0 Å². The van der Waals surface area contributed by atoms with Crippen molar-refractivity contribution >= 4 is 0 Å². The number of fused-ring (bicyclic) bond motifs is 1. The van der Waals surface area contributed by atoms with Crippen molar-refractivity contribution in [2.45, 2.75) is 24.6 Å². The Bertz CT molecular complexity index is 425. The van der Waals surface area contributed by atoms with E-state index in [9.17, 15) is 26.3 Å². The Morgan fingerprint density at radius 2 is 1.33 bits per heavy atom. The molecule has 1 aliphatic heterocycles.